The molecule has 2 N–H and O–H groups in total. The molecule has 2 saturated heterocycles. The van der Waals surface area contributed by atoms with E-state index in [1.54, 1.807) is 24.4 Å². The third kappa shape index (κ3) is 6.09. The molecule has 3 heterocycles. The lowest BCUT2D eigenvalue weighted by atomic mass is 9.97. The van der Waals surface area contributed by atoms with Crippen molar-refractivity contribution >= 4 is 46.1 Å². The molecule has 3 aromatic rings. The van der Waals surface area contributed by atoms with Crippen molar-refractivity contribution in [3.63, 3.8) is 0 Å². The van der Waals surface area contributed by atoms with E-state index in [1.807, 2.05) is 0 Å². The minimum absolute atomic E-state index is 0.239. The standard InChI is InChI=1S/C30H35Cl2FN6O2/c1-2-22-17-38(11-12-39(22)23-7-9-37(10-8-23)16-18-3-4-19(31)13-25(18)33)30-24(32)14-21(15-34-30)36-27-26(28(40)29(27)41)35-20-5-6-20/h3-4,13-15,20,22-23,35-36H,2,5-12,16-17H2,1H3/t22-/m0/s1. The van der Waals surface area contributed by atoms with Crippen LogP contribution >= 0.6 is 23.2 Å². The minimum atomic E-state index is -0.516. The molecular formula is C30H35Cl2FN6O2. The molecule has 3 aliphatic rings. The lowest BCUT2D eigenvalue weighted by molar-refractivity contribution is 0.0607. The number of hydrogen-bond donors (Lipinski definition) is 2. The molecule has 1 atom stereocenters. The molecule has 0 spiro atoms. The number of nitrogens with one attached hydrogen (secondary N) is 2. The van der Waals surface area contributed by atoms with Crippen LogP contribution in [0.2, 0.25) is 10.0 Å². The zero-order valence-electron chi connectivity index (χ0n) is 23.1. The maximum atomic E-state index is 14.3. The second-order valence-corrected chi connectivity index (χ2v) is 12.3. The van der Waals surface area contributed by atoms with E-state index >= 15 is 0 Å². The van der Waals surface area contributed by atoms with E-state index in [0.717, 1.165) is 70.6 Å². The zero-order valence-corrected chi connectivity index (χ0v) is 24.6. The van der Waals surface area contributed by atoms with E-state index in [9.17, 15) is 14.0 Å². The molecule has 1 saturated carbocycles. The molecule has 0 bridgehead atoms. The molecule has 1 aromatic heterocycles. The summed E-state index contributed by atoms with van der Waals surface area (Å²) in [7, 11) is 0. The number of anilines is 4. The summed E-state index contributed by atoms with van der Waals surface area (Å²) in [6.07, 6.45) is 6.82. The Morgan fingerprint density at radius 2 is 1.76 bits per heavy atom. The normalized spacial score (nSPS) is 21.0. The van der Waals surface area contributed by atoms with E-state index in [4.69, 9.17) is 23.2 Å². The summed E-state index contributed by atoms with van der Waals surface area (Å²) in [6.45, 7) is 7.28. The molecule has 11 heteroatoms. The molecule has 3 fully saturated rings. The average molecular weight is 602 g/mol. The Bertz CT molecular complexity index is 1480. The maximum absolute atomic E-state index is 14.3. The fourth-order valence-electron chi connectivity index (χ4n) is 6.16. The van der Waals surface area contributed by atoms with Gasteiger partial charge in [-0.15, -0.1) is 0 Å². The summed E-state index contributed by atoms with van der Waals surface area (Å²) in [5.74, 6) is 0.494. The van der Waals surface area contributed by atoms with Gasteiger partial charge in [-0.1, -0.05) is 36.2 Å². The number of aromatic nitrogens is 1. The van der Waals surface area contributed by atoms with Gasteiger partial charge in [-0.3, -0.25) is 19.4 Å². The molecule has 0 unspecified atom stereocenters. The number of nitrogens with zero attached hydrogens (tertiary/aromatic N) is 4. The Balaban J connectivity index is 1.05. The van der Waals surface area contributed by atoms with Crippen LogP contribution in [-0.4, -0.2) is 65.6 Å². The number of hydrogen-bond acceptors (Lipinski definition) is 8. The molecule has 218 valence electrons. The fraction of sp³-hybridized carbons (Fsp3) is 0.500. The highest BCUT2D eigenvalue weighted by molar-refractivity contribution is 6.33. The van der Waals surface area contributed by atoms with Gasteiger partial charge in [0.25, 0.3) is 10.9 Å². The van der Waals surface area contributed by atoms with Crippen LogP contribution in [0.1, 0.15) is 44.6 Å². The van der Waals surface area contributed by atoms with Crippen molar-refractivity contribution in [3.05, 3.63) is 72.3 Å². The summed E-state index contributed by atoms with van der Waals surface area (Å²) < 4.78 is 14.3. The number of halogens is 3. The highest BCUT2D eigenvalue weighted by atomic mass is 35.5. The topological polar surface area (TPSA) is 80.8 Å². The first kappa shape index (κ1) is 28.4. The van der Waals surface area contributed by atoms with Gasteiger partial charge in [-0.2, -0.15) is 0 Å². The Morgan fingerprint density at radius 1 is 1.00 bits per heavy atom. The van der Waals surface area contributed by atoms with E-state index in [1.165, 1.54) is 6.07 Å². The van der Waals surface area contributed by atoms with Gasteiger partial charge in [0.05, 0.1) is 16.9 Å². The quantitative estimate of drug-likeness (QED) is 0.332. The number of pyridine rings is 1. The molecule has 8 nitrogen and oxygen atoms in total. The predicted molar refractivity (Wildman–Crippen MR) is 163 cm³/mol. The molecular weight excluding hydrogens is 566 g/mol. The van der Waals surface area contributed by atoms with Crippen molar-refractivity contribution < 1.29 is 4.39 Å². The van der Waals surface area contributed by atoms with Gasteiger partial charge in [0.2, 0.25) is 0 Å². The van der Waals surface area contributed by atoms with Gasteiger partial charge < -0.3 is 15.5 Å². The highest BCUT2D eigenvalue weighted by Gasteiger charge is 2.34. The van der Waals surface area contributed by atoms with Crippen LogP contribution in [0.15, 0.2) is 40.1 Å². The van der Waals surface area contributed by atoms with E-state index in [-0.39, 0.29) is 17.5 Å². The lowest BCUT2D eigenvalue weighted by Gasteiger charge is -2.47. The fourth-order valence-corrected chi connectivity index (χ4v) is 6.61. The largest absolute Gasteiger partial charge is 0.377 e. The van der Waals surface area contributed by atoms with Crippen LogP contribution in [0.4, 0.5) is 27.3 Å². The first-order valence-electron chi connectivity index (χ1n) is 14.5. The summed E-state index contributed by atoms with van der Waals surface area (Å²) in [5.41, 5.74) is 0.941. The van der Waals surface area contributed by atoms with Crippen LogP contribution in [0.5, 0.6) is 0 Å². The smallest absolute Gasteiger partial charge is 0.253 e. The lowest BCUT2D eigenvalue weighted by Crippen LogP contribution is -2.58. The monoisotopic (exact) mass is 600 g/mol. The SMILES string of the molecule is CC[C@H]1CN(c2ncc(Nc3c(NC4CC4)c(=O)c3=O)cc2Cl)CCN1C1CCN(Cc2ccc(Cl)cc2F)CC1. The van der Waals surface area contributed by atoms with Crippen molar-refractivity contribution in [1.82, 2.24) is 14.8 Å². The third-order valence-electron chi connectivity index (χ3n) is 8.66. The molecule has 0 amide bonds. The van der Waals surface area contributed by atoms with Crippen LogP contribution in [0, 0.1) is 5.82 Å². The minimum Gasteiger partial charge on any atom is -0.377 e. The summed E-state index contributed by atoms with van der Waals surface area (Å²) in [6, 6.07) is 7.85. The second kappa shape index (κ2) is 11.9. The van der Waals surface area contributed by atoms with Gasteiger partial charge in [0.1, 0.15) is 23.0 Å². The van der Waals surface area contributed by atoms with Crippen LogP contribution in [-0.2, 0) is 6.54 Å². The van der Waals surface area contributed by atoms with Gasteiger partial charge in [-0.25, -0.2) is 9.37 Å². The Labute approximate surface area is 249 Å². The Hall–Kier alpha value is -2.72. The summed E-state index contributed by atoms with van der Waals surface area (Å²) in [5, 5.41) is 7.12. The second-order valence-electron chi connectivity index (χ2n) is 11.5. The number of piperidine rings is 1. The molecule has 1 aliphatic carbocycles. The van der Waals surface area contributed by atoms with Crippen LogP contribution in [0.25, 0.3) is 0 Å². The Morgan fingerprint density at radius 3 is 2.44 bits per heavy atom. The Kier molecular flexibility index (Phi) is 8.23. The summed E-state index contributed by atoms with van der Waals surface area (Å²) >= 11 is 12.6. The van der Waals surface area contributed by atoms with Crippen molar-refractivity contribution in [2.45, 2.75) is 63.7 Å². The maximum Gasteiger partial charge on any atom is 0.253 e. The highest BCUT2D eigenvalue weighted by Crippen LogP contribution is 2.33. The van der Waals surface area contributed by atoms with Gasteiger partial charge in [-0.05, 0) is 63.4 Å². The van der Waals surface area contributed by atoms with Gasteiger partial charge >= 0.3 is 0 Å². The molecule has 2 aromatic carbocycles. The van der Waals surface area contributed by atoms with Crippen LogP contribution < -0.4 is 26.4 Å². The average Bonchev–Trinajstić information content (AvgIpc) is 3.81. The van der Waals surface area contributed by atoms with Crippen molar-refractivity contribution in [2.75, 3.05) is 48.3 Å². The van der Waals surface area contributed by atoms with Crippen molar-refractivity contribution in [2.24, 2.45) is 0 Å². The predicted octanol–water partition coefficient (Wildman–Crippen LogP) is 5.01. The van der Waals surface area contributed by atoms with Crippen molar-refractivity contribution in [3.8, 4) is 0 Å². The molecule has 6 rings (SSSR count). The van der Waals surface area contributed by atoms with Gasteiger partial charge in [0.15, 0.2) is 0 Å². The van der Waals surface area contributed by atoms with E-state index in [0.29, 0.717) is 45.6 Å². The van der Waals surface area contributed by atoms with Crippen LogP contribution in [0.3, 0.4) is 0 Å². The first-order chi connectivity index (χ1) is 19.8. The zero-order chi connectivity index (χ0) is 28.7. The molecule has 0 radical (unpaired) electrons. The van der Waals surface area contributed by atoms with E-state index in [2.05, 4.69) is 37.2 Å². The number of piperazine rings is 1. The molecule has 2 aliphatic heterocycles. The number of benzene rings is 1. The summed E-state index contributed by atoms with van der Waals surface area (Å²) in [4.78, 5) is 36.0. The number of likely N-dealkylation sites (tertiary alicyclic amines) is 1. The molecule has 41 heavy (non-hydrogen) atoms. The van der Waals surface area contributed by atoms with E-state index < -0.39 is 10.9 Å². The third-order valence-corrected chi connectivity index (χ3v) is 9.17. The number of rotatable bonds is 9. The van der Waals surface area contributed by atoms with Crippen molar-refractivity contribution in [1.29, 1.82) is 0 Å². The first-order valence-corrected chi connectivity index (χ1v) is 15.3. The van der Waals surface area contributed by atoms with Gasteiger partial charge in [0, 0.05) is 54.9 Å².